The quantitative estimate of drug-likeness (QED) is 0.496. The number of amides is 1. The van der Waals surface area contributed by atoms with Gasteiger partial charge in [-0.05, 0) is 6.08 Å². The number of carbonyl (C=O) groups is 1. The molecule has 0 radical (unpaired) electrons. The van der Waals surface area contributed by atoms with Gasteiger partial charge in [-0.2, -0.15) is 0 Å². The molecule has 1 N–H and O–H groups in total. The summed E-state index contributed by atoms with van der Waals surface area (Å²) in [7, 11) is 0. The molecule has 0 aromatic heterocycles. The second-order valence-electron chi connectivity index (χ2n) is 1.56. The van der Waals surface area contributed by atoms with Gasteiger partial charge in [0.1, 0.15) is 6.10 Å². The molecule has 0 aromatic rings. The highest BCUT2D eigenvalue weighted by Gasteiger charge is 2.18. The lowest BCUT2D eigenvalue weighted by Crippen LogP contribution is -2.13. The van der Waals surface area contributed by atoms with Crippen molar-refractivity contribution < 1.29 is 9.53 Å². The summed E-state index contributed by atoms with van der Waals surface area (Å²) in [5.41, 5.74) is 0. The predicted molar refractivity (Wildman–Crippen MR) is 28.5 cm³/mol. The summed E-state index contributed by atoms with van der Waals surface area (Å²) in [6, 6.07) is 0. The Morgan fingerprint density at radius 2 is 2.75 bits per heavy atom. The average molecular weight is 113 g/mol. The summed E-state index contributed by atoms with van der Waals surface area (Å²) in [5, 5.41) is 2.49. The Labute approximate surface area is 47.3 Å². The maximum absolute atomic E-state index is 10.2. The van der Waals surface area contributed by atoms with Crippen molar-refractivity contribution in [3.63, 3.8) is 0 Å². The molecule has 0 spiro atoms. The Balaban J connectivity index is 2.43. The van der Waals surface area contributed by atoms with Gasteiger partial charge in [0, 0.05) is 0 Å². The van der Waals surface area contributed by atoms with Gasteiger partial charge in [-0.3, -0.25) is 0 Å². The first kappa shape index (κ1) is 5.15. The monoisotopic (exact) mass is 113 g/mol. The Bertz CT molecular complexity index is 122. The lowest BCUT2D eigenvalue weighted by molar-refractivity contribution is 0.158. The van der Waals surface area contributed by atoms with E-state index in [4.69, 9.17) is 0 Å². The molecule has 1 heterocycles. The number of rotatable bonds is 1. The minimum absolute atomic E-state index is 0.123. The van der Waals surface area contributed by atoms with Gasteiger partial charge in [-0.15, -0.1) is 0 Å². The van der Waals surface area contributed by atoms with Crippen LogP contribution < -0.4 is 5.32 Å². The number of nitrogens with one attached hydrogen (secondary N) is 1. The molecule has 3 nitrogen and oxygen atoms in total. The van der Waals surface area contributed by atoms with Gasteiger partial charge in [0.05, 0.1) is 6.54 Å². The molecule has 3 heteroatoms. The molecule has 1 rings (SSSR count). The summed E-state index contributed by atoms with van der Waals surface area (Å²) in [5.74, 6) is 0. The topological polar surface area (TPSA) is 38.3 Å². The Hall–Kier alpha value is -0.990. The van der Waals surface area contributed by atoms with Crippen LogP contribution in [0.1, 0.15) is 0 Å². The summed E-state index contributed by atoms with van der Waals surface area (Å²) in [4.78, 5) is 10.2. The van der Waals surface area contributed by atoms with Crippen molar-refractivity contribution >= 4 is 6.09 Å². The number of hydrogen-bond donors (Lipinski definition) is 1. The van der Waals surface area contributed by atoms with E-state index in [-0.39, 0.29) is 12.2 Å². The van der Waals surface area contributed by atoms with Crippen LogP contribution in [0.4, 0.5) is 4.79 Å². The molecular formula is C5H7NO2. The third-order valence-electron chi connectivity index (χ3n) is 0.969. The minimum Gasteiger partial charge on any atom is -0.440 e. The summed E-state index contributed by atoms with van der Waals surface area (Å²) in [6.45, 7) is 4.02. The van der Waals surface area contributed by atoms with Crippen molar-refractivity contribution in [1.82, 2.24) is 5.32 Å². The fraction of sp³-hybridized carbons (Fsp3) is 0.400. The van der Waals surface area contributed by atoms with Crippen LogP contribution in [0.2, 0.25) is 0 Å². The summed E-state index contributed by atoms with van der Waals surface area (Å²) >= 11 is 0. The Kier molecular flexibility index (Phi) is 1.20. The van der Waals surface area contributed by atoms with Crippen molar-refractivity contribution in [2.45, 2.75) is 6.10 Å². The van der Waals surface area contributed by atoms with E-state index in [2.05, 4.69) is 16.6 Å². The fourth-order valence-electron chi connectivity index (χ4n) is 0.536. The van der Waals surface area contributed by atoms with Crippen LogP contribution >= 0.6 is 0 Å². The minimum atomic E-state index is -0.352. The SMILES string of the molecule is C=C[C@H]1CNC(=O)O1. The zero-order valence-corrected chi connectivity index (χ0v) is 4.39. The molecule has 8 heavy (non-hydrogen) atoms. The van der Waals surface area contributed by atoms with E-state index in [9.17, 15) is 4.79 Å². The van der Waals surface area contributed by atoms with Gasteiger partial charge in [-0.25, -0.2) is 4.79 Å². The normalized spacial score (nSPS) is 26.5. The third kappa shape index (κ3) is 0.804. The van der Waals surface area contributed by atoms with Gasteiger partial charge in [0.15, 0.2) is 0 Å². The molecule has 0 aliphatic carbocycles. The highest BCUT2D eigenvalue weighted by Crippen LogP contribution is 1.98. The van der Waals surface area contributed by atoms with Crippen molar-refractivity contribution in [1.29, 1.82) is 0 Å². The van der Waals surface area contributed by atoms with Crippen molar-refractivity contribution in [2.24, 2.45) is 0 Å². The molecule has 0 unspecified atom stereocenters. The zero-order valence-electron chi connectivity index (χ0n) is 4.39. The molecule has 1 atom stereocenters. The molecular weight excluding hydrogens is 106 g/mol. The van der Waals surface area contributed by atoms with E-state index in [1.54, 1.807) is 6.08 Å². The van der Waals surface area contributed by atoms with E-state index in [1.807, 2.05) is 0 Å². The van der Waals surface area contributed by atoms with E-state index in [0.717, 1.165) is 0 Å². The number of hydrogen-bond acceptors (Lipinski definition) is 2. The van der Waals surface area contributed by atoms with E-state index < -0.39 is 0 Å². The molecule has 0 bridgehead atoms. The van der Waals surface area contributed by atoms with E-state index in [1.165, 1.54) is 0 Å². The number of alkyl carbamates (subject to hydrolysis) is 1. The lowest BCUT2D eigenvalue weighted by atomic mass is 10.4. The highest BCUT2D eigenvalue weighted by atomic mass is 16.6. The van der Waals surface area contributed by atoms with Crippen LogP contribution in [-0.4, -0.2) is 18.7 Å². The van der Waals surface area contributed by atoms with Gasteiger partial charge in [-0.1, -0.05) is 6.58 Å². The second-order valence-corrected chi connectivity index (χ2v) is 1.56. The van der Waals surface area contributed by atoms with E-state index >= 15 is 0 Å². The van der Waals surface area contributed by atoms with Crippen molar-refractivity contribution in [2.75, 3.05) is 6.54 Å². The van der Waals surface area contributed by atoms with Gasteiger partial charge in [0.25, 0.3) is 0 Å². The standard InChI is InChI=1S/C5H7NO2/c1-2-4-3-6-5(7)8-4/h2,4H,1,3H2,(H,6,7)/t4-/m0/s1. The van der Waals surface area contributed by atoms with Gasteiger partial charge >= 0.3 is 6.09 Å². The Morgan fingerprint density at radius 3 is 3.00 bits per heavy atom. The number of ether oxygens (including phenoxy) is 1. The molecule has 1 fully saturated rings. The molecule has 44 valence electrons. The van der Waals surface area contributed by atoms with Gasteiger partial charge < -0.3 is 10.1 Å². The number of carbonyl (C=O) groups excluding carboxylic acids is 1. The zero-order chi connectivity index (χ0) is 5.98. The predicted octanol–water partition coefficient (Wildman–Crippen LogP) is 0.281. The molecule has 1 aliphatic rings. The maximum atomic E-state index is 10.2. The molecule has 1 saturated heterocycles. The molecule has 0 aromatic carbocycles. The Morgan fingerprint density at radius 1 is 2.00 bits per heavy atom. The van der Waals surface area contributed by atoms with Crippen LogP contribution in [0.25, 0.3) is 0 Å². The number of cyclic esters (lactones) is 1. The first-order valence-corrected chi connectivity index (χ1v) is 2.40. The smallest absolute Gasteiger partial charge is 0.407 e. The highest BCUT2D eigenvalue weighted by molar-refractivity contribution is 5.69. The fourth-order valence-corrected chi connectivity index (χ4v) is 0.536. The summed E-state index contributed by atoms with van der Waals surface area (Å²) in [6.07, 6.45) is 1.12. The molecule has 1 amide bonds. The van der Waals surface area contributed by atoms with E-state index in [0.29, 0.717) is 6.54 Å². The maximum Gasteiger partial charge on any atom is 0.407 e. The molecule has 0 saturated carbocycles. The van der Waals surface area contributed by atoms with Crippen LogP contribution in [0.3, 0.4) is 0 Å². The first-order valence-electron chi connectivity index (χ1n) is 2.40. The summed E-state index contributed by atoms with van der Waals surface area (Å²) < 4.78 is 4.64. The second kappa shape index (κ2) is 1.86. The lowest BCUT2D eigenvalue weighted by Gasteiger charge is -1.95. The molecule has 1 aliphatic heterocycles. The van der Waals surface area contributed by atoms with Crippen LogP contribution in [0.5, 0.6) is 0 Å². The third-order valence-corrected chi connectivity index (χ3v) is 0.969. The first-order chi connectivity index (χ1) is 3.83. The van der Waals surface area contributed by atoms with Crippen molar-refractivity contribution in [3.8, 4) is 0 Å². The van der Waals surface area contributed by atoms with Crippen LogP contribution in [-0.2, 0) is 4.74 Å². The largest absolute Gasteiger partial charge is 0.440 e. The van der Waals surface area contributed by atoms with Gasteiger partial charge in [0.2, 0.25) is 0 Å². The average Bonchev–Trinajstić information content (AvgIpc) is 2.14. The van der Waals surface area contributed by atoms with Crippen molar-refractivity contribution in [3.05, 3.63) is 12.7 Å². The van der Waals surface area contributed by atoms with Crippen LogP contribution in [0.15, 0.2) is 12.7 Å². The van der Waals surface area contributed by atoms with Crippen LogP contribution in [0, 0.1) is 0 Å².